The molecule has 1 heteroatoms. The van der Waals surface area contributed by atoms with E-state index >= 15 is 0 Å². The van der Waals surface area contributed by atoms with E-state index < -0.39 is 0 Å². The molecule has 13 heavy (non-hydrogen) atoms. The Kier molecular flexibility index (Phi) is 2.53. The van der Waals surface area contributed by atoms with Crippen molar-refractivity contribution in [3.8, 4) is 0 Å². The standard InChI is InChI=1S/C12H15B/c13-12-8-6-11(7-9-12)10-4-2-1-3-5-10/h2,4-6,8-9,11H,1,3,7,13H2. The van der Waals surface area contributed by atoms with Gasteiger partial charge in [-0.25, -0.2) is 0 Å². The predicted octanol–water partition coefficient (Wildman–Crippen LogP) is 2.36. The Morgan fingerprint density at radius 2 is 2.08 bits per heavy atom. The van der Waals surface area contributed by atoms with Gasteiger partial charge in [-0.2, -0.15) is 0 Å². The average molecular weight is 170 g/mol. The molecular formula is C12H15B. The first-order valence-electron chi connectivity index (χ1n) is 5.08. The zero-order valence-corrected chi connectivity index (χ0v) is 8.16. The van der Waals surface area contributed by atoms with Crippen molar-refractivity contribution in [1.29, 1.82) is 0 Å². The van der Waals surface area contributed by atoms with Gasteiger partial charge in [0.15, 0.2) is 0 Å². The van der Waals surface area contributed by atoms with E-state index in [0.717, 1.165) is 0 Å². The summed E-state index contributed by atoms with van der Waals surface area (Å²) in [6.45, 7) is 0. The van der Waals surface area contributed by atoms with Gasteiger partial charge in [0.1, 0.15) is 7.85 Å². The molecule has 0 bridgehead atoms. The number of hydrogen-bond acceptors (Lipinski definition) is 0. The van der Waals surface area contributed by atoms with E-state index in [2.05, 4.69) is 44.3 Å². The van der Waals surface area contributed by atoms with Crippen LogP contribution in [0.25, 0.3) is 0 Å². The molecule has 0 saturated carbocycles. The predicted molar refractivity (Wildman–Crippen MR) is 60.3 cm³/mol. The number of allylic oxidation sites excluding steroid dienone is 8. The highest BCUT2D eigenvalue weighted by atomic mass is 14.1. The van der Waals surface area contributed by atoms with Gasteiger partial charge in [-0.05, 0) is 24.8 Å². The molecule has 2 rings (SSSR count). The molecule has 0 aromatic carbocycles. The van der Waals surface area contributed by atoms with Crippen LogP contribution in [0.3, 0.4) is 0 Å². The summed E-state index contributed by atoms with van der Waals surface area (Å²) in [5, 5.41) is 0. The minimum absolute atomic E-state index is 0.639. The van der Waals surface area contributed by atoms with E-state index in [-0.39, 0.29) is 0 Å². The second-order valence-corrected chi connectivity index (χ2v) is 3.83. The Bertz CT molecular complexity index is 305. The smallest absolute Gasteiger partial charge is 0.0931 e. The third-order valence-electron chi connectivity index (χ3n) is 2.74. The van der Waals surface area contributed by atoms with Gasteiger partial charge in [0.05, 0.1) is 0 Å². The largest absolute Gasteiger partial charge is 0.138 e. The fourth-order valence-corrected chi connectivity index (χ4v) is 1.88. The normalized spacial score (nSPS) is 26.9. The lowest BCUT2D eigenvalue weighted by molar-refractivity contribution is 0.769. The second kappa shape index (κ2) is 3.82. The molecule has 0 spiro atoms. The highest BCUT2D eigenvalue weighted by molar-refractivity contribution is 6.23. The molecule has 0 radical (unpaired) electrons. The van der Waals surface area contributed by atoms with Crippen LogP contribution in [-0.2, 0) is 0 Å². The lowest BCUT2D eigenvalue weighted by Gasteiger charge is -2.18. The van der Waals surface area contributed by atoms with E-state index in [4.69, 9.17) is 0 Å². The van der Waals surface area contributed by atoms with Crippen molar-refractivity contribution >= 4 is 7.85 Å². The topological polar surface area (TPSA) is 0 Å². The van der Waals surface area contributed by atoms with Gasteiger partial charge in [-0.1, -0.05) is 41.9 Å². The molecule has 0 fully saturated rings. The second-order valence-electron chi connectivity index (χ2n) is 3.83. The summed E-state index contributed by atoms with van der Waals surface area (Å²) in [5.41, 5.74) is 2.91. The molecule has 1 atom stereocenters. The Hall–Kier alpha value is -0.975. The third-order valence-corrected chi connectivity index (χ3v) is 2.74. The van der Waals surface area contributed by atoms with Gasteiger partial charge in [-0.3, -0.25) is 0 Å². The summed E-state index contributed by atoms with van der Waals surface area (Å²) in [4.78, 5) is 0. The first-order chi connectivity index (χ1) is 6.36. The maximum absolute atomic E-state index is 2.38. The maximum atomic E-state index is 2.38. The van der Waals surface area contributed by atoms with Crippen LogP contribution in [-0.4, -0.2) is 7.85 Å². The molecule has 0 aromatic heterocycles. The molecule has 1 unspecified atom stereocenters. The van der Waals surface area contributed by atoms with Gasteiger partial charge < -0.3 is 0 Å². The monoisotopic (exact) mass is 170 g/mol. The lowest BCUT2D eigenvalue weighted by atomic mass is 9.82. The van der Waals surface area contributed by atoms with Crippen molar-refractivity contribution < 1.29 is 0 Å². The molecule has 0 amide bonds. The fourth-order valence-electron chi connectivity index (χ4n) is 1.88. The first-order valence-corrected chi connectivity index (χ1v) is 5.08. The minimum Gasteiger partial charge on any atom is -0.0931 e. The van der Waals surface area contributed by atoms with Gasteiger partial charge >= 0.3 is 0 Å². The molecule has 2 aliphatic rings. The van der Waals surface area contributed by atoms with Crippen molar-refractivity contribution in [2.24, 2.45) is 5.92 Å². The lowest BCUT2D eigenvalue weighted by Crippen LogP contribution is -2.03. The molecule has 0 aliphatic heterocycles. The van der Waals surface area contributed by atoms with Crippen molar-refractivity contribution in [2.45, 2.75) is 19.3 Å². The van der Waals surface area contributed by atoms with Crippen molar-refractivity contribution in [2.75, 3.05) is 0 Å². The fraction of sp³-hybridized carbons (Fsp3) is 0.333. The van der Waals surface area contributed by atoms with E-state index in [0.29, 0.717) is 5.92 Å². The molecular weight excluding hydrogens is 155 g/mol. The SMILES string of the molecule is BC1=CCC(C2=CCCC=C2)C=C1. The minimum atomic E-state index is 0.639. The van der Waals surface area contributed by atoms with Crippen LogP contribution in [0, 0.1) is 5.92 Å². The zero-order chi connectivity index (χ0) is 9.10. The summed E-state index contributed by atoms with van der Waals surface area (Å²) in [6, 6.07) is 0. The van der Waals surface area contributed by atoms with Crippen LogP contribution in [0.5, 0.6) is 0 Å². The van der Waals surface area contributed by atoms with Crippen LogP contribution in [0.15, 0.2) is 47.5 Å². The summed E-state index contributed by atoms with van der Waals surface area (Å²) >= 11 is 0. The van der Waals surface area contributed by atoms with Crippen molar-refractivity contribution in [3.63, 3.8) is 0 Å². The molecule has 66 valence electrons. The van der Waals surface area contributed by atoms with Gasteiger partial charge in [0.25, 0.3) is 0 Å². The van der Waals surface area contributed by atoms with Gasteiger partial charge in [-0.15, -0.1) is 0 Å². The summed E-state index contributed by atoms with van der Waals surface area (Å²) in [6.07, 6.45) is 17.5. The molecule has 2 aliphatic carbocycles. The third kappa shape index (κ3) is 2.03. The average Bonchev–Trinajstić information content (AvgIpc) is 2.20. The van der Waals surface area contributed by atoms with E-state index in [1.807, 2.05) is 0 Å². The van der Waals surface area contributed by atoms with E-state index in [1.54, 1.807) is 0 Å². The summed E-state index contributed by atoms with van der Waals surface area (Å²) in [5.74, 6) is 0.639. The van der Waals surface area contributed by atoms with Crippen LogP contribution in [0.2, 0.25) is 0 Å². The number of rotatable bonds is 1. The van der Waals surface area contributed by atoms with Crippen LogP contribution in [0.1, 0.15) is 19.3 Å². The zero-order valence-electron chi connectivity index (χ0n) is 8.16. The Labute approximate surface area is 81.1 Å². The van der Waals surface area contributed by atoms with Gasteiger partial charge in [0.2, 0.25) is 0 Å². The molecule has 0 heterocycles. The van der Waals surface area contributed by atoms with Crippen LogP contribution < -0.4 is 0 Å². The van der Waals surface area contributed by atoms with E-state index in [1.165, 1.54) is 30.3 Å². The molecule has 0 N–H and O–H groups in total. The molecule has 0 saturated heterocycles. The Morgan fingerprint density at radius 1 is 1.15 bits per heavy atom. The summed E-state index contributed by atoms with van der Waals surface area (Å²) < 4.78 is 0. The quantitative estimate of drug-likeness (QED) is 0.530. The number of hydrogen-bond donors (Lipinski definition) is 0. The Morgan fingerprint density at radius 3 is 2.69 bits per heavy atom. The molecule has 0 nitrogen and oxygen atoms in total. The van der Waals surface area contributed by atoms with Crippen LogP contribution >= 0.6 is 0 Å². The first kappa shape index (κ1) is 8.62. The highest BCUT2D eigenvalue weighted by Crippen LogP contribution is 2.26. The highest BCUT2D eigenvalue weighted by Gasteiger charge is 2.11. The maximum Gasteiger partial charge on any atom is 0.138 e. The molecule has 0 aromatic rings. The Balaban J connectivity index is 2.08. The summed E-state index contributed by atoms with van der Waals surface area (Å²) in [7, 11) is 2.16. The van der Waals surface area contributed by atoms with E-state index in [9.17, 15) is 0 Å². The van der Waals surface area contributed by atoms with Gasteiger partial charge in [0, 0.05) is 5.92 Å². The van der Waals surface area contributed by atoms with Crippen molar-refractivity contribution in [3.05, 3.63) is 47.5 Å². The van der Waals surface area contributed by atoms with Crippen LogP contribution in [0.4, 0.5) is 0 Å². The van der Waals surface area contributed by atoms with Crippen molar-refractivity contribution in [1.82, 2.24) is 0 Å².